The van der Waals surface area contributed by atoms with Crippen molar-refractivity contribution in [3.63, 3.8) is 0 Å². The van der Waals surface area contributed by atoms with Crippen LogP contribution in [-0.4, -0.2) is 31.6 Å². The van der Waals surface area contributed by atoms with Crippen molar-refractivity contribution in [3.8, 4) is 11.8 Å². The van der Waals surface area contributed by atoms with Crippen LogP contribution in [-0.2, 0) is 0 Å². The predicted octanol–water partition coefficient (Wildman–Crippen LogP) is 4.82. The Morgan fingerprint density at radius 3 is 2.65 bits per heavy atom. The summed E-state index contributed by atoms with van der Waals surface area (Å²) in [5.74, 6) is 6.83. The zero-order chi connectivity index (χ0) is 18.4. The fraction of sp³-hybridized carbons (Fsp3) is 0.500. The second-order valence-electron chi connectivity index (χ2n) is 7.63. The first-order chi connectivity index (χ1) is 12.7. The van der Waals surface area contributed by atoms with E-state index in [2.05, 4.69) is 66.0 Å². The van der Waals surface area contributed by atoms with Crippen molar-refractivity contribution in [2.75, 3.05) is 26.7 Å². The van der Waals surface area contributed by atoms with Crippen LogP contribution in [0, 0.1) is 11.8 Å². The fourth-order valence-corrected chi connectivity index (χ4v) is 3.74. The van der Waals surface area contributed by atoms with Crippen molar-refractivity contribution >= 4 is 0 Å². The van der Waals surface area contributed by atoms with Gasteiger partial charge >= 0.3 is 0 Å². The largest absolute Gasteiger partial charge is 0.313 e. The molecule has 0 aromatic heterocycles. The van der Waals surface area contributed by atoms with Gasteiger partial charge in [0.25, 0.3) is 0 Å². The molecule has 2 nitrogen and oxygen atoms in total. The second kappa shape index (κ2) is 9.21. The lowest BCUT2D eigenvalue weighted by Crippen LogP contribution is -2.30. The molecule has 0 spiro atoms. The molecule has 1 N–H and O–H groups in total. The van der Waals surface area contributed by atoms with Gasteiger partial charge in [0.1, 0.15) is 0 Å². The molecule has 1 aliphatic carbocycles. The minimum Gasteiger partial charge on any atom is -0.313 e. The van der Waals surface area contributed by atoms with Gasteiger partial charge in [-0.3, -0.25) is 4.90 Å². The lowest BCUT2D eigenvalue weighted by Gasteiger charge is -2.28. The molecule has 3 rings (SSSR count). The highest BCUT2D eigenvalue weighted by Gasteiger charge is 2.23. The third kappa shape index (κ3) is 5.34. The van der Waals surface area contributed by atoms with Crippen LogP contribution in [0.1, 0.15) is 62.1 Å². The van der Waals surface area contributed by atoms with Gasteiger partial charge in [-0.05, 0) is 68.7 Å². The van der Waals surface area contributed by atoms with Crippen LogP contribution in [0.4, 0.5) is 0 Å². The van der Waals surface area contributed by atoms with E-state index in [9.17, 15) is 0 Å². The zero-order valence-electron chi connectivity index (χ0n) is 16.4. The number of hydrogen-bond acceptors (Lipinski definition) is 2. The van der Waals surface area contributed by atoms with Crippen LogP contribution in [0.15, 0.2) is 48.1 Å². The molecule has 1 aromatic carbocycles. The summed E-state index contributed by atoms with van der Waals surface area (Å²) >= 11 is 0. The van der Waals surface area contributed by atoms with Gasteiger partial charge < -0.3 is 5.32 Å². The number of hydrogen-bond donors (Lipinski definition) is 1. The molecule has 1 aromatic rings. The van der Waals surface area contributed by atoms with Gasteiger partial charge in [-0.1, -0.05) is 48.4 Å². The van der Waals surface area contributed by atoms with Gasteiger partial charge in [0.05, 0.1) is 0 Å². The van der Waals surface area contributed by atoms with E-state index in [4.69, 9.17) is 0 Å². The quantitative estimate of drug-likeness (QED) is 0.535. The van der Waals surface area contributed by atoms with Crippen LogP contribution in [0.5, 0.6) is 0 Å². The molecule has 2 heteroatoms. The highest BCUT2D eigenvalue weighted by molar-refractivity contribution is 5.30. The minimum absolute atomic E-state index is 0.417. The number of nitrogens with one attached hydrogen (secondary N) is 1. The Balaban J connectivity index is 1.50. The van der Waals surface area contributed by atoms with Crippen LogP contribution < -0.4 is 5.32 Å². The Kier molecular flexibility index (Phi) is 6.72. The highest BCUT2D eigenvalue weighted by atomic mass is 15.1. The Labute approximate surface area is 159 Å². The summed E-state index contributed by atoms with van der Waals surface area (Å²) in [6.45, 7) is 9.17. The molecular weight excluding hydrogens is 316 g/mol. The summed E-state index contributed by atoms with van der Waals surface area (Å²) in [5, 5.41) is 3.51. The third-order valence-electron chi connectivity index (χ3n) is 5.62. The Hall–Kier alpha value is -1.82. The number of benzene rings is 1. The first kappa shape index (κ1) is 19.0. The molecule has 138 valence electrons. The first-order valence-electron chi connectivity index (χ1n) is 9.97. The van der Waals surface area contributed by atoms with E-state index in [1.807, 2.05) is 6.92 Å². The van der Waals surface area contributed by atoms with Gasteiger partial charge in [0.2, 0.25) is 0 Å². The Morgan fingerprint density at radius 1 is 1.31 bits per heavy atom. The van der Waals surface area contributed by atoms with Crippen LogP contribution >= 0.6 is 0 Å². The lowest BCUT2D eigenvalue weighted by atomic mass is 9.94. The summed E-state index contributed by atoms with van der Waals surface area (Å²) < 4.78 is 0. The second-order valence-corrected chi connectivity index (χ2v) is 7.63. The van der Waals surface area contributed by atoms with Crippen molar-refractivity contribution < 1.29 is 0 Å². The monoisotopic (exact) mass is 348 g/mol. The highest BCUT2D eigenvalue weighted by Crippen LogP contribution is 2.40. The molecule has 0 radical (unpaired) electrons. The maximum atomic E-state index is 4.02. The van der Waals surface area contributed by atoms with E-state index < -0.39 is 0 Å². The molecule has 0 bridgehead atoms. The van der Waals surface area contributed by atoms with E-state index in [0.717, 1.165) is 44.0 Å². The Morgan fingerprint density at radius 2 is 2.08 bits per heavy atom. The van der Waals surface area contributed by atoms with Crippen LogP contribution in [0.2, 0.25) is 0 Å². The van der Waals surface area contributed by atoms with Gasteiger partial charge in [0.15, 0.2) is 0 Å². The molecule has 1 aliphatic heterocycles. The molecule has 1 fully saturated rings. The van der Waals surface area contributed by atoms with Gasteiger partial charge in [0, 0.05) is 25.7 Å². The number of nitrogens with zero attached hydrogens (tertiary/aromatic N) is 1. The van der Waals surface area contributed by atoms with Crippen molar-refractivity contribution in [1.29, 1.82) is 0 Å². The van der Waals surface area contributed by atoms with Crippen LogP contribution in [0.3, 0.4) is 0 Å². The fourth-order valence-electron chi connectivity index (χ4n) is 3.74. The normalized spacial score (nSPS) is 18.6. The molecule has 26 heavy (non-hydrogen) atoms. The molecule has 1 unspecified atom stereocenters. The third-order valence-corrected chi connectivity index (χ3v) is 5.62. The molecule has 2 aliphatic rings. The van der Waals surface area contributed by atoms with Crippen molar-refractivity contribution in [2.24, 2.45) is 0 Å². The minimum atomic E-state index is 0.417. The molecule has 0 saturated heterocycles. The average Bonchev–Trinajstić information content (AvgIpc) is 3.51. The summed E-state index contributed by atoms with van der Waals surface area (Å²) in [5.41, 5.74) is 5.56. The maximum absolute atomic E-state index is 4.02. The molecule has 1 atom stereocenters. The molecular formula is C24H32N2. The van der Waals surface area contributed by atoms with E-state index in [1.165, 1.54) is 30.4 Å². The van der Waals surface area contributed by atoms with E-state index in [0.29, 0.717) is 6.04 Å². The summed E-state index contributed by atoms with van der Waals surface area (Å²) in [6.07, 6.45) is 8.44. The summed E-state index contributed by atoms with van der Waals surface area (Å²) in [6, 6.07) is 9.73. The van der Waals surface area contributed by atoms with Gasteiger partial charge in [-0.15, -0.1) is 5.92 Å². The lowest BCUT2D eigenvalue weighted by molar-refractivity contribution is 0.295. The van der Waals surface area contributed by atoms with E-state index >= 15 is 0 Å². The van der Waals surface area contributed by atoms with E-state index in [-0.39, 0.29) is 0 Å². The Bertz CT molecular complexity index is 698. The van der Waals surface area contributed by atoms with Crippen molar-refractivity contribution in [3.05, 3.63) is 59.2 Å². The topological polar surface area (TPSA) is 15.3 Å². The average molecular weight is 349 g/mol. The number of rotatable bonds is 8. The van der Waals surface area contributed by atoms with Crippen LogP contribution in [0.25, 0.3) is 0 Å². The van der Waals surface area contributed by atoms with E-state index in [1.54, 1.807) is 5.57 Å². The standard InChI is InChI=1S/C24H32N2/c1-4-5-19(2)12-15-26-16-13-20(14-17-26)18-24(25-3)23-10-8-22(9-11-23)21-6-7-21/h8-11,13,21,24-25H,2,6-7,12,14-18H2,1,3H3. The molecule has 0 amide bonds. The smallest absolute Gasteiger partial charge is 0.0355 e. The van der Waals surface area contributed by atoms with Gasteiger partial charge in [-0.25, -0.2) is 0 Å². The first-order valence-corrected chi connectivity index (χ1v) is 9.97. The predicted molar refractivity (Wildman–Crippen MR) is 111 cm³/mol. The summed E-state index contributed by atoms with van der Waals surface area (Å²) in [4.78, 5) is 2.50. The molecule has 1 heterocycles. The van der Waals surface area contributed by atoms with Crippen molar-refractivity contribution in [1.82, 2.24) is 10.2 Å². The summed E-state index contributed by atoms with van der Waals surface area (Å²) in [7, 11) is 2.08. The maximum Gasteiger partial charge on any atom is 0.0355 e. The van der Waals surface area contributed by atoms with Gasteiger partial charge in [-0.2, -0.15) is 0 Å². The molecule has 1 saturated carbocycles. The zero-order valence-corrected chi connectivity index (χ0v) is 16.4. The SMILES string of the molecule is C=C(C#CC)CCN1CC=C(CC(NC)c2ccc(C3CC3)cc2)CC1. The van der Waals surface area contributed by atoms with Crippen molar-refractivity contribution in [2.45, 2.75) is 51.0 Å².